The first kappa shape index (κ1) is 7.36. The second kappa shape index (κ2) is 2.72. The number of furan rings is 1. The first-order valence-corrected chi connectivity index (χ1v) is 5.05. The minimum absolute atomic E-state index is 0.722. The quantitative estimate of drug-likeness (QED) is 0.594. The van der Waals surface area contributed by atoms with Crippen LogP contribution in [0.3, 0.4) is 0 Å². The fourth-order valence-corrected chi connectivity index (χ4v) is 2.51. The Kier molecular flexibility index (Phi) is 1.54. The lowest BCUT2D eigenvalue weighted by atomic mass is 9.84. The summed E-state index contributed by atoms with van der Waals surface area (Å²) >= 11 is 0. The largest absolute Gasteiger partial charge is 0.468 e. The molecule has 0 bridgehead atoms. The van der Waals surface area contributed by atoms with Gasteiger partial charge in [0.25, 0.3) is 0 Å². The molecule has 68 valence electrons. The Hall–Kier alpha value is -1.05. The van der Waals surface area contributed by atoms with E-state index in [-0.39, 0.29) is 0 Å². The van der Waals surface area contributed by atoms with Crippen LogP contribution in [0.2, 0.25) is 0 Å². The minimum Gasteiger partial charge on any atom is -0.468 e. The van der Waals surface area contributed by atoms with E-state index in [1.54, 1.807) is 0 Å². The van der Waals surface area contributed by atoms with Gasteiger partial charge in [0.1, 0.15) is 5.76 Å². The highest BCUT2D eigenvalue weighted by atomic mass is 16.3. The summed E-state index contributed by atoms with van der Waals surface area (Å²) in [5.74, 6) is 1.94. The molecule has 0 amide bonds. The van der Waals surface area contributed by atoms with Crippen LogP contribution in [0.5, 0.6) is 0 Å². The van der Waals surface area contributed by atoms with E-state index in [9.17, 15) is 0 Å². The van der Waals surface area contributed by atoms with Crippen LogP contribution in [0.25, 0.3) is 0 Å². The van der Waals surface area contributed by atoms with Gasteiger partial charge in [0, 0.05) is 30.3 Å². The Balaban J connectivity index is 2.16. The SMILES string of the molecule is C1=NCCC2CCCc3occ1c32. The van der Waals surface area contributed by atoms with Crippen molar-refractivity contribution in [1.29, 1.82) is 0 Å². The van der Waals surface area contributed by atoms with Crippen LogP contribution in [0.4, 0.5) is 0 Å². The summed E-state index contributed by atoms with van der Waals surface area (Å²) in [6, 6.07) is 0. The first-order valence-electron chi connectivity index (χ1n) is 5.05. The van der Waals surface area contributed by atoms with Crippen molar-refractivity contribution >= 4 is 6.21 Å². The zero-order chi connectivity index (χ0) is 8.67. The molecule has 1 atom stereocenters. The van der Waals surface area contributed by atoms with E-state index in [0.717, 1.165) is 18.9 Å². The van der Waals surface area contributed by atoms with E-state index >= 15 is 0 Å². The van der Waals surface area contributed by atoms with Crippen LogP contribution in [0, 0.1) is 0 Å². The molecule has 0 saturated heterocycles. The number of nitrogens with zero attached hydrogens (tertiary/aromatic N) is 1. The fraction of sp³-hybridized carbons (Fsp3) is 0.545. The van der Waals surface area contributed by atoms with E-state index < -0.39 is 0 Å². The van der Waals surface area contributed by atoms with E-state index in [1.807, 2.05) is 12.5 Å². The Morgan fingerprint density at radius 1 is 1.38 bits per heavy atom. The Morgan fingerprint density at radius 3 is 3.38 bits per heavy atom. The lowest BCUT2D eigenvalue weighted by molar-refractivity contribution is 0.441. The standard InChI is InChI=1S/C11H13NO/c1-2-8-4-5-12-6-9-7-13-10(3-1)11(8)9/h6-8H,1-5H2. The average molecular weight is 175 g/mol. The smallest absolute Gasteiger partial charge is 0.107 e. The van der Waals surface area contributed by atoms with Gasteiger partial charge in [-0.25, -0.2) is 0 Å². The van der Waals surface area contributed by atoms with Crippen LogP contribution in [-0.2, 0) is 6.42 Å². The van der Waals surface area contributed by atoms with Crippen molar-refractivity contribution in [2.24, 2.45) is 4.99 Å². The zero-order valence-electron chi connectivity index (χ0n) is 7.62. The monoisotopic (exact) mass is 175 g/mol. The summed E-state index contributed by atoms with van der Waals surface area (Å²) in [6.45, 7) is 0.985. The molecule has 0 saturated carbocycles. The lowest BCUT2D eigenvalue weighted by Crippen LogP contribution is -2.08. The molecule has 1 aliphatic carbocycles. The van der Waals surface area contributed by atoms with E-state index in [0.29, 0.717) is 0 Å². The molecule has 13 heavy (non-hydrogen) atoms. The predicted octanol–water partition coefficient (Wildman–Crippen LogP) is 2.52. The summed E-state index contributed by atoms with van der Waals surface area (Å²) in [5.41, 5.74) is 2.70. The highest BCUT2D eigenvalue weighted by molar-refractivity contribution is 5.82. The second-order valence-corrected chi connectivity index (χ2v) is 3.94. The van der Waals surface area contributed by atoms with Crippen molar-refractivity contribution in [3.8, 4) is 0 Å². The molecule has 0 radical (unpaired) electrons. The van der Waals surface area contributed by atoms with Gasteiger partial charge in [0.2, 0.25) is 0 Å². The summed E-state index contributed by atoms with van der Waals surface area (Å²) in [5, 5.41) is 0. The molecule has 1 aliphatic heterocycles. The molecule has 1 aromatic heterocycles. The number of rotatable bonds is 0. The molecule has 2 aliphatic rings. The Morgan fingerprint density at radius 2 is 2.38 bits per heavy atom. The Labute approximate surface area is 77.7 Å². The second-order valence-electron chi connectivity index (χ2n) is 3.94. The average Bonchev–Trinajstić information content (AvgIpc) is 2.44. The molecule has 0 spiro atoms. The summed E-state index contributed by atoms with van der Waals surface area (Å²) in [4.78, 5) is 4.37. The van der Waals surface area contributed by atoms with Crippen molar-refractivity contribution < 1.29 is 4.42 Å². The van der Waals surface area contributed by atoms with Crippen LogP contribution in [0.15, 0.2) is 15.7 Å². The molecule has 1 unspecified atom stereocenters. The number of aryl methyl sites for hydroxylation is 1. The molecule has 0 N–H and O–H groups in total. The van der Waals surface area contributed by atoms with Crippen LogP contribution >= 0.6 is 0 Å². The molecule has 2 heteroatoms. The highest BCUT2D eigenvalue weighted by Crippen LogP contribution is 2.37. The fourth-order valence-electron chi connectivity index (χ4n) is 2.51. The zero-order valence-corrected chi connectivity index (χ0v) is 7.62. The van der Waals surface area contributed by atoms with E-state index in [4.69, 9.17) is 4.42 Å². The lowest BCUT2D eigenvalue weighted by Gasteiger charge is -2.20. The van der Waals surface area contributed by atoms with Gasteiger partial charge in [0.05, 0.1) is 6.26 Å². The molecule has 1 aromatic rings. The van der Waals surface area contributed by atoms with Gasteiger partial charge in [-0.05, 0) is 25.2 Å². The van der Waals surface area contributed by atoms with Gasteiger partial charge >= 0.3 is 0 Å². The predicted molar refractivity (Wildman–Crippen MR) is 51.5 cm³/mol. The van der Waals surface area contributed by atoms with Crippen molar-refractivity contribution in [1.82, 2.24) is 0 Å². The molecular weight excluding hydrogens is 162 g/mol. The van der Waals surface area contributed by atoms with Crippen molar-refractivity contribution in [2.45, 2.75) is 31.6 Å². The van der Waals surface area contributed by atoms with Crippen molar-refractivity contribution in [3.63, 3.8) is 0 Å². The van der Waals surface area contributed by atoms with Gasteiger partial charge in [-0.2, -0.15) is 0 Å². The number of aliphatic imine (C=N–C) groups is 1. The molecular formula is C11H13NO. The summed E-state index contributed by atoms with van der Waals surface area (Å²) < 4.78 is 5.55. The van der Waals surface area contributed by atoms with Crippen molar-refractivity contribution in [3.05, 3.63) is 23.2 Å². The molecule has 2 nitrogen and oxygen atoms in total. The normalized spacial score (nSPS) is 25.4. The van der Waals surface area contributed by atoms with Crippen molar-refractivity contribution in [2.75, 3.05) is 6.54 Å². The number of hydrogen-bond acceptors (Lipinski definition) is 2. The summed E-state index contributed by atoms with van der Waals surface area (Å²) in [6.07, 6.45) is 8.79. The van der Waals surface area contributed by atoms with E-state index in [2.05, 4.69) is 4.99 Å². The summed E-state index contributed by atoms with van der Waals surface area (Å²) in [7, 11) is 0. The highest BCUT2D eigenvalue weighted by Gasteiger charge is 2.26. The Bertz CT molecular complexity index is 351. The topological polar surface area (TPSA) is 25.5 Å². The van der Waals surface area contributed by atoms with Gasteiger partial charge in [-0.1, -0.05) is 0 Å². The van der Waals surface area contributed by atoms with Gasteiger partial charge in [-0.15, -0.1) is 0 Å². The third-order valence-electron chi connectivity index (χ3n) is 3.14. The van der Waals surface area contributed by atoms with Gasteiger partial charge in [-0.3, -0.25) is 4.99 Å². The molecule has 3 rings (SSSR count). The third-order valence-corrected chi connectivity index (χ3v) is 3.14. The van der Waals surface area contributed by atoms with Crippen LogP contribution < -0.4 is 0 Å². The van der Waals surface area contributed by atoms with Gasteiger partial charge in [0.15, 0.2) is 0 Å². The van der Waals surface area contributed by atoms with Crippen LogP contribution in [-0.4, -0.2) is 12.8 Å². The third kappa shape index (κ3) is 1.05. The van der Waals surface area contributed by atoms with Crippen LogP contribution in [0.1, 0.15) is 42.1 Å². The molecule has 0 aromatic carbocycles. The molecule has 0 fully saturated rings. The maximum atomic E-state index is 5.55. The maximum absolute atomic E-state index is 5.55. The molecule has 2 heterocycles. The van der Waals surface area contributed by atoms with E-state index in [1.165, 1.54) is 36.1 Å². The minimum atomic E-state index is 0.722. The maximum Gasteiger partial charge on any atom is 0.107 e. The first-order chi connectivity index (χ1) is 6.45. The number of hydrogen-bond donors (Lipinski definition) is 0. The van der Waals surface area contributed by atoms with Gasteiger partial charge < -0.3 is 4.42 Å².